The van der Waals surface area contributed by atoms with Crippen molar-refractivity contribution < 1.29 is 13.2 Å². The van der Waals surface area contributed by atoms with Gasteiger partial charge in [-0.25, -0.2) is 13.8 Å². The van der Waals surface area contributed by atoms with E-state index in [0.717, 1.165) is 4.31 Å². The highest BCUT2D eigenvalue weighted by molar-refractivity contribution is 7.92. The average Bonchev–Trinajstić information content (AvgIpc) is 2.66. The number of rotatable bonds is 6. The lowest BCUT2D eigenvalue weighted by Gasteiger charge is -2.24. The van der Waals surface area contributed by atoms with E-state index in [1.807, 2.05) is 20.8 Å². The molecule has 9 heteroatoms. The second-order valence-corrected chi connectivity index (χ2v) is 10.1. The second kappa shape index (κ2) is 9.15. The van der Waals surface area contributed by atoms with E-state index >= 15 is 0 Å². The highest BCUT2D eigenvalue weighted by Crippen LogP contribution is 2.30. The molecule has 0 bridgehead atoms. The van der Waals surface area contributed by atoms with Gasteiger partial charge in [-0.05, 0) is 37.3 Å². The van der Waals surface area contributed by atoms with Crippen LogP contribution in [0.25, 0.3) is 0 Å². The van der Waals surface area contributed by atoms with Crippen molar-refractivity contribution in [3.63, 3.8) is 0 Å². The summed E-state index contributed by atoms with van der Waals surface area (Å²) in [5, 5.41) is 4.54. The van der Waals surface area contributed by atoms with Gasteiger partial charge in [0.25, 0.3) is 15.9 Å². The predicted molar refractivity (Wildman–Crippen MR) is 118 cm³/mol. The molecule has 0 radical (unpaired) electrons. The van der Waals surface area contributed by atoms with E-state index in [1.165, 1.54) is 30.3 Å². The maximum absolute atomic E-state index is 13.2. The van der Waals surface area contributed by atoms with Crippen molar-refractivity contribution in [2.75, 3.05) is 10.8 Å². The Morgan fingerprint density at radius 2 is 1.69 bits per heavy atom. The Kier molecular flexibility index (Phi) is 7.32. The van der Waals surface area contributed by atoms with Crippen molar-refractivity contribution in [2.24, 2.45) is 10.5 Å². The Morgan fingerprint density at radius 3 is 2.24 bits per heavy atom. The second-order valence-electron chi connectivity index (χ2n) is 7.41. The van der Waals surface area contributed by atoms with Crippen molar-refractivity contribution >= 4 is 50.5 Å². The van der Waals surface area contributed by atoms with Gasteiger partial charge in [0, 0.05) is 11.1 Å². The molecule has 0 spiro atoms. The highest BCUT2D eigenvalue weighted by Gasteiger charge is 2.27. The van der Waals surface area contributed by atoms with Crippen LogP contribution in [0.3, 0.4) is 0 Å². The summed E-state index contributed by atoms with van der Waals surface area (Å²) in [6.45, 7) is 7.19. The number of hydrazone groups is 1. The summed E-state index contributed by atoms with van der Waals surface area (Å²) in [6.07, 6.45) is 0. The Bertz CT molecular complexity index is 1020. The lowest BCUT2D eigenvalue weighted by molar-refractivity contribution is -0.119. The summed E-state index contributed by atoms with van der Waals surface area (Å²) in [6, 6.07) is 12.2. The molecule has 2 rings (SSSR count). The number of halogens is 2. The van der Waals surface area contributed by atoms with Gasteiger partial charge >= 0.3 is 0 Å². The molecule has 0 atom stereocenters. The van der Waals surface area contributed by atoms with E-state index in [-0.39, 0.29) is 26.0 Å². The fourth-order valence-corrected chi connectivity index (χ4v) is 3.88. The van der Waals surface area contributed by atoms with Gasteiger partial charge in [-0.1, -0.05) is 62.2 Å². The molecule has 29 heavy (non-hydrogen) atoms. The van der Waals surface area contributed by atoms with Gasteiger partial charge < -0.3 is 0 Å². The van der Waals surface area contributed by atoms with Crippen LogP contribution in [0.4, 0.5) is 5.69 Å². The molecule has 0 saturated heterocycles. The normalized spacial score (nSPS) is 12.6. The van der Waals surface area contributed by atoms with Crippen LogP contribution in [0, 0.1) is 5.41 Å². The first kappa shape index (κ1) is 23.2. The van der Waals surface area contributed by atoms with Crippen LogP contribution < -0.4 is 9.73 Å². The van der Waals surface area contributed by atoms with E-state index < -0.39 is 22.5 Å². The van der Waals surface area contributed by atoms with Crippen molar-refractivity contribution in [2.45, 2.75) is 32.6 Å². The largest absolute Gasteiger partial charge is 0.271 e. The molecule has 1 N–H and O–H groups in total. The van der Waals surface area contributed by atoms with Crippen LogP contribution >= 0.6 is 23.2 Å². The Balaban J connectivity index is 2.40. The number of hydrogen-bond acceptors (Lipinski definition) is 4. The third-order valence-electron chi connectivity index (χ3n) is 4.24. The first-order valence-electron chi connectivity index (χ1n) is 8.79. The van der Waals surface area contributed by atoms with E-state index in [1.54, 1.807) is 25.1 Å². The van der Waals surface area contributed by atoms with Crippen molar-refractivity contribution in [3.8, 4) is 0 Å². The minimum Gasteiger partial charge on any atom is -0.271 e. The molecule has 2 aromatic rings. The molecule has 2 aromatic carbocycles. The van der Waals surface area contributed by atoms with Crippen LogP contribution in [-0.2, 0) is 14.8 Å². The minimum absolute atomic E-state index is 0.0493. The monoisotopic (exact) mass is 455 g/mol. The van der Waals surface area contributed by atoms with Gasteiger partial charge in [0.1, 0.15) is 6.54 Å². The van der Waals surface area contributed by atoms with E-state index in [9.17, 15) is 13.2 Å². The summed E-state index contributed by atoms with van der Waals surface area (Å²) >= 11 is 12.0. The van der Waals surface area contributed by atoms with Crippen LogP contribution in [0.5, 0.6) is 0 Å². The molecule has 0 saturated carbocycles. The molecule has 6 nitrogen and oxygen atoms in total. The quantitative estimate of drug-likeness (QED) is 0.504. The molecule has 0 fully saturated rings. The van der Waals surface area contributed by atoms with Gasteiger partial charge in [-0.15, -0.1) is 0 Å². The fourth-order valence-electron chi connectivity index (χ4n) is 2.15. The molecule has 0 aliphatic rings. The summed E-state index contributed by atoms with van der Waals surface area (Å²) in [4.78, 5) is 12.6. The third kappa shape index (κ3) is 5.95. The van der Waals surface area contributed by atoms with Gasteiger partial charge in [0.2, 0.25) is 0 Å². The van der Waals surface area contributed by atoms with Crippen molar-refractivity contribution in [3.05, 3.63) is 58.6 Å². The Labute approximate surface area is 181 Å². The number of sulfonamides is 1. The minimum atomic E-state index is -4.02. The third-order valence-corrected chi connectivity index (χ3v) is 6.77. The molecular weight excluding hydrogens is 433 g/mol. The smallest absolute Gasteiger partial charge is 0.264 e. The molecule has 0 aliphatic carbocycles. The molecule has 0 aliphatic heterocycles. The summed E-state index contributed by atoms with van der Waals surface area (Å²) < 4.78 is 27.4. The number of amides is 1. The first-order valence-corrected chi connectivity index (χ1v) is 11.0. The number of nitrogens with zero attached hydrogens (tertiary/aromatic N) is 2. The highest BCUT2D eigenvalue weighted by atomic mass is 35.5. The van der Waals surface area contributed by atoms with Gasteiger partial charge in [-0.3, -0.25) is 9.10 Å². The van der Waals surface area contributed by atoms with Crippen molar-refractivity contribution in [1.82, 2.24) is 5.43 Å². The topological polar surface area (TPSA) is 78.8 Å². The van der Waals surface area contributed by atoms with Gasteiger partial charge in [0.05, 0.1) is 20.6 Å². The standard InChI is InChI=1S/C20H23Cl2N3O3S/c1-14(20(2,3)4)23-24-19(26)13-25(15-10-11-17(21)18(22)12-15)29(27,28)16-8-6-5-7-9-16/h5-12H,13H2,1-4H3,(H,24,26)/b23-14-. The Hall–Kier alpha value is -2.09. The van der Waals surface area contributed by atoms with Crippen molar-refractivity contribution in [1.29, 1.82) is 0 Å². The van der Waals surface area contributed by atoms with Gasteiger partial charge in [-0.2, -0.15) is 5.10 Å². The number of benzene rings is 2. The summed E-state index contributed by atoms with van der Waals surface area (Å²) in [7, 11) is -4.02. The number of hydrogen-bond donors (Lipinski definition) is 1. The SMILES string of the molecule is C/C(=N/NC(=O)CN(c1ccc(Cl)c(Cl)c1)S(=O)(=O)c1ccccc1)C(C)(C)C. The summed E-state index contributed by atoms with van der Waals surface area (Å²) in [5.41, 5.74) is 3.12. The lowest BCUT2D eigenvalue weighted by atomic mass is 9.91. The number of anilines is 1. The molecule has 156 valence electrons. The van der Waals surface area contributed by atoms with E-state index in [0.29, 0.717) is 5.71 Å². The van der Waals surface area contributed by atoms with Crippen LogP contribution in [0.15, 0.2) is 58.5 Å². The Morgan fingerprint density at radius 1 is 1.07 bits per heavy atom. The van der Waals surface area contributed by atoms with Crippen LogP contribution in [-0.4, -0.2) is 26.6 Å². The van der Waals surface area contributed by atoms with Gasteiger partial charge in [0.15, 0.2) is 0 Å². The maximum atomic E-state index is 13.2. The predicted octanol–water partition coefficient (Wildman–Crippen LogP) is 4.73. The molecular formula is C20H23Cl2N3O3S. The molecule has 1 amide bonds. The number of nitrogens with one attached hydrogen (secondary N) is 1. The average molecular weight is 456 g/mol. The molecule has 0 heterocycles. The van der Waals surface area contributed by atoms with Crippen LogP contribution in [0.2, 0.25) is 10.0 Å². The summed E-state index contributed by atoms with van der Waals surface area (Å²) in [5.74, 6) is -0.584. The first-order chi connectivity index (χ1) is 13.4. The number of carbonyl (C=O) groups excluding carboxylic acids is 1. The van der Waals surface area contributed by atoms with E-state index in [2.05, 4.69) is 10.5 Å². The fraction of sp³-hybridized carbons (Fsp3) is 0.300. The number of carbonyl (C=O) groups is 1. The molecule has 0 aromatic heterocycles. The zero-order chi connectivity index (χ0) is 21.8. The zero-order valence-electron chi connectivity index (χ0n) is 16.6. The van der Waals surface area contributed by atoms with E-state index in [4.69, 9.17) is 23.2 Å². The lowest BCUT2D eigenvalue weighted by Crippen LogP contribution is -2.40. The maximum Gasteiger partial charge on any atom is 0.264 e. The zero-order valence-corrected chi connectivity index (χ0v) is 18.9. The van der Waals surface area contributed by atoms with Crippen LogP contribution in [0.1, 0.15) is 27.7 Å². The molecule has 0 unspecified atom stereocenters.